The van der Waals surface area contributed by atoms with Crippen molar-refractivity contribution in [1.82, 2.24) is 19.6 Å². The molecule has 2 rings (SSSR count). The van der Waals surface area contributed by atoms with Gasteiger partial charge in [-0.2, -0.15) is 10.2 Å². The smallest absolute Gasteiger partial charge is 0.0825 e. The molecule has 0 atom stereocenters. The topological polar surface area (TPSA) is 47.7 Å². The van der Waals surface area contributed by atoms with E-state index in [2.05, 4.69) is 29.4 Å². The molecule has 100 valence electrons. The van der Waals surface area contributed by atoms with Crippen LogP contribution in [0.5, 0.6) is 0 Å². The fourth-order valence-corrected chi connectivity index (χ4v) is 1.91. The Morgan fingerprint density at radius 1 is 1.39 bits per heavy atom. The first-order valence-electron chi connectivity index (χ1n) is 5.84. The van der Waals surface area contributed by atoms with Crippen molar-refractivity contribution >= 4 is 18.1 Å². The first-order valence-corrected chi connectivity index (χ1v) is 5.84. The Hall–Kier alpha value is -1.49. The van der Waals surface area contributed by atoms with Gasteiger partial charge in [0.15, 0.2) is 0 Å². The van der Waals surface area contributed by atoms with Gasteiger partial charge in [0.05, 0.1) is 23.6 Å². The van der Waals surface area contributed by atoms with Crippen LogP contribution in [0.15, 0.2) is 18.5 Å². The molecule has 2 heterocycles. The predicted molar refractivity (Wildman–Crippen MR) is 75.1 cm³/mol. The van der Waals surface area contributed by atoms with Crippen molar-refractivity contribution in [3.8, 4) is 0 Å². The summed E-state index contributed by atoms with van der Waals surface area (Å²) in [6, 6.07) is 2.43. The normalized spacial score (nSPS) is 10.5. The van der Waals surface area contributed by atoms with Gasteiger partial charge in [0.2, 0.25) is 0 Å². The molecule has 5 nitrogen and oxygen atoms in total. The van der Waals surface area contributed by atoms with Crippen molar-refractivity contribution in [2.75, 3.05) is 5.32 Å². The molecular formula is C12H20ClN5. The summed E-state index contributed by atoms with van der Waals surface area (Å²) in [5.41, 5.74) is 3.27. The van der Waals surface area contributed by atoms with Gasteiger partial charge in [-0.25, -0.2) is 0 Å². The van der Waals surface area contributed by atoms with Crippen molar-refractivity contribution in [1.29, 1.82) is 0 Å². The third kappa shape index (κ3) is 3.04. The summed E-state index contributed by atoms with van der Waals surface area (Å²) in [5, 5.41) is 12.0. The number of halogens is 1. The maximum atomic E-state index is 4.31. The number of hydrogen-bond acceptors (Lipinski definition) is 3. The summed E-state index contributed by atoms with van der Waals surface area (Å²) in [6.07, 6.45) is 3.83. The lowest BCUT2D eigenvalue weighted by Gasteiger charge is -2.11. The Morgan fingerprint density at radius 3 is 2.67 bits per heavy atom. The minimum atomic E-state index is 0. The van der Waals surface area contributed by atoms with Crippen molar-refractivity contribution < 1.29 is 0 Å². The standard InChI is InChI=1S/C12H19N5.ClH/c1-9(2)17-11(5-6-14-17)7-13-12-8-16(4)15-10(12)3;/h5-6,8-9,13H,7H2,1-4H3;1H. The van der Waals surface area contributed by atoms with Gasteiger partial charge in [-0.05, 0) is 26.8 Å². The zero-order valence-electron chi connectivity index (χ0n) is 11.2. The number of aryl methyl sites for hydroxylation is 2. The molecule has 18 heavy (non-hydrogen) atoms. The van der Waals surface area contributed by atoms with Crippen LogP contribution in [0.4, 0.5) is 5.69 Å². The monoisotopic (exact) mass is 269 g/mol. The Morgan fingerprint density at radius 2 is 2.11 bits per heavy atom. The van der Waals surface area contributed by atoms with Gasteiger partial charge >= 0.3 is 0 Å². The van der Waals surface area contributed by atoms with Gasteiger partial charge in [-0.3, -0.25) is 9.36 Å². The van der Waals surface area contributed by atoms with Crippen LogP contribution in [0.2, 0.25) is 0 Å². The number of nitrogens with zero attached hydrogens (tertiary/aromatic N) is 4. The zero-order valence-corrected chi connectivity index (χ0v) is 12.0. The van der Waals surface area contributed by atoms with Gasteiger partial charge in [0, 0.05) is 25.5 Å². The predicted octanol–water partition coefficient (Wildman–Crippen LogP) is 2.54. The fourth-order valence-electron chi connectivity index (χ4n) is 1.91. The minimum Gasteiger partial charge on any atom is -0.377 e. The second kappa shape index (κ2) is 5.91. The molecule has 0 aliphatic carbocycles. The summed E-state index contributed by atoms with van der Waals surface area (Å²) in [7, 11) is 1.93. The second-order valence-electron chi connectivity index (χ2n) is 4.52. The molecule has 1 N–H and O–H groups in total. The molecule has 6 heteroatoms. The highest BCUT2D eigenvalue weighted by atomic mass is 35.5. The third-order valence-corrected chi connectivity index (χ3v) is 2.71. The highest BCUT2D eigenvalue weighted by Crippen LogP contribution is 2.14. The highest BCUT2D eigenvalue weighted by Gasteiger charge is 2.07. The molecule has 0 saturated heterocycles. The van der Waals surface area contributed by atoms with Crippen molar-refractivity contribution in [3.63, 3.8) is 0 Å². The van der Waals surface area contributed by atoms with E-state index in [0.717, 1.165) is 17.9 Å². The molecule has 0 aliphatic rings. The van der Waals surface area contributed by atoms with Crippen molar-refractivity contribution in [2.45, 2.75) is 33.4 Å². The van der Waals surface area contributed by atoms with E-state index in [1.54, 1.807) is 0 Å². The first kappa shape index (κ1) is 14.6. The molecule has 2 aromatic rings. The number of aromatic nitrogens is 4. The molecule has 0 unspecified atom stereocenters. The number of rotatable bonds is 4. The van der Waals surface area contributed by atoms with E-state index in [-0.39, 0.29) is 12.4 Å². The summed E-state index contributed by atoms with van der Waals surface area (Å²) < 4.78 is 3.84. The van der Waals surface area contributed by atoms with Crippen LogP contribution >= 0.6 is 12.4 Å². The molecule has 0 fully saturated rings. The van der Waals surface area contributed by atoms with Gasteiger partial charge in [0.1, 0.15) is 0 Å². The van der Waals surface area contributed by atoms with Crippen LogP contribution in [0, 0.1) is 6.92 Å². The number of hydrogen-bond donors (Lipinski definition) is 1. The molecule has 0 aliphatic heterocycles. The third-order valence-electron chi connectivity index (χ3n) is 2.71. The SMILES string of the molecule is Cc1nn(C)cc1NCc1ccnn1C(C)C.Cl. The zero-order chi connectivity index (χ0) is 12.4. The average molecular weight is 270 g/mol. The van der Waals surface area contributed by atoms with Gasteiger partial charge in [-0.15, -0.1) is 12.4 Å². The van der Waals surface area contributed by atoms with E-state index >= 15 is 0 Å². The van der Waals surface area contributed by atoms with E-state index in [1.165, 1.54) is 5.69 Å². The fraction of sp³-hybridized carbons (Fsp3) is 0.500. The van der Waals surface area contributed by atoms with Crippen LogP contribution in [0.25, 0.3) is 0 Å². The highest BCUT2D eigenvalue weighted by molar-refractivity contribution is 5.85. The summed E-state index contributed by atoms with van der Waals surface area (Å²) in [6.45, 7) is 7.03. The maximum Gasteiger partial charge on any atom is 0.0825 e. The molecule has 0 spiro atoms. The van der Waals surface area contributed by atoms with E-state index in [4.69, 9.17) is 0 Å². The lowest BCUT2D eigenvalue weighted by molar-refractivity contribution is 0.512. The number of nitrogens with one attached hydrogen (secondary N) is 1. The molecule has 0 bridgehead atoms. The van der Waals surface area contributed by atoms with Crippen LogP contribution in [0.3, 0.4) is 0 Å². The molecule has 0 radical (unpaired) electrons. The van der Waals surface area contributed by atoms with E-state index in [9.17, 15) is 0 Å². The van der Waals surface area contributed by atoms with E-state index in [0.29, 0.717) is 6.04 Å². The quantitative estimate of drug-likeness (QED) is 0.928. The molecule has 0 aromatic carbocycles. The van der Waals surface area contributed by atoms with Gasteiger partial charge < -0.3 is 5.32 Å². The molecule has 0 saturated carbocycles. The number of anilines is 1. The summed E-state index contributed by atoms with van der Waals surface area (Å²) in [4.78, 5) is 0. The second-order valence-corrected chi connectivity index (χ2v) is 4.52. The lowest BCUT2D eigenvalue weighted by Crippen LogP contribution is -2.11. The first-order chi connectivity index (χ1) is 8.08. The lowest BCUT2D eigenvalue weighted by atomic mass is 10.3. The van der Waals surface area contributed by atoms with Crippen molar-refractivity contribution in [3.05, 3.63) is 29.8 Å². The molecule has 2 aromatic heterocycles. The van der Waals surface area contributed by atoms with Crippen LogP contribution < -0.4 is 5.32 Å². The molecular weight excluding hydrogens is 250 g/mol. The van der Waals surface area contributed by atoms with Crippen molar-refractivity contribution in [2.24, 2.45) is 7.05 Å². The van der Waals surface area contributed by atoms with Gasteiger partial charge in [-0.1, -0.05) is 0 Å². The Labute approximate surface area is 114 Å². The Bertz CT molecular complexity index is 500. The van der Waals surface area contributed by atoms with E-state index < -0.39 is 0 Å². The van der Waals surface area contributed by atoms with Crippen LogP contribution in [-0.4, -0.2) is 19.6 Å². The summed E-state index contributed by atoms with van der Waals surface area (Å²) >= 11 is 0. The minimum absolute atomic E-state index is 0. The van der Waals surface area contributed by atoms with E-state index in [1.807, 2.05) is 41.8 Å². The largest absolute Gasteiger partial charge is 0.377 e. The van der Waals surface area contributed by atoms with Crippen LogP contribution in [-0.2, 0) is 13.6 Å². The molecule has 0 amide bonds. The Kier molecular flexibility index (Phi) is 4.78. The van der Waals surface area contributed by atoms with Gasteiger partial charge in [0.25, 0.3) is 0 Å². The van der Waals surface area contributed by atoms with Crippen LogP contribution in [0.1, 0.15) is 31.3 Å². The average Bonchev–Trinajstić information content (AvgIpc) is 2.82. The Balaban J connectivity index is 0.00000162. The summed E-state index contributed by atoms with van der Waals surface area (Å²) in [5.74, 6) is 0. The maximum absolute atomic E-state index is 4.31.